The van der Waals surface area contributed by atoms with Gasteiger partial charge in [0.2, 0.25) is 0 Å². The van der Waals surface area contributed by atoms with E-state index in [9.17, 15) is 36.0 Å². The molecule has 33 heavy (non-hydrogen) atoms. The van der Waals surface area contributed by atoms with Crippen LogP contribution in [0.4, 0.5) is 0 Å². The SMILES string of the molecule is CCC(CO)(CO)C(=[N-])c1ccccc1O.CCC(CO)(CO)N=Cc1ccccc1O.[Co]. The Bertz CT molecular complexity index is 866. The van der Waals surface area contributed by atoms with Gasteiger partial charge in [-0.3, -0.25) is 4.99 Å². The van der Waals surface area contributed by atoms with Crippen molar-refractivity contribution in [3.63, 3.8) is 0 Å². The maximum absolute atomic E-state index is 10.0. The van der Waals surface area contributed by atoms with E-state index in [1.165, 1.54) is 12.3 Å². The van der Waals surface area contributed by atoms with Gasteiger partial charge in [0, 0.05) is 34.0 Å². The molecule has 6 N–H and O–H groups in total. The molecule has 0 aliphatic rings. The van der Waals surface area contributed by atoms with Crippen LogP contribution in [-0.4, -0.2) is 74.5 Å². The molecule has 0 saturated carbocycles. The molecule has 0 aliphatic carbocycles. The zero-order valence-electron chi connectivity index (χ0n) is 18.8. The van der Waals surface area contributed by atoms with Crippen molar-refractivity contribution in [2.75, 3.05) is 26.4 Å². The van der Waals surface area contributed by atoms with Crippen LogP contribution in [0.2, 0.25) is 0 Å². The second kappa shape index (κ2) is 14.8. The van der Waals surface area contributed by atoms with Crippen molar-refractivity contribution in [3.05, 3.63) is 65.1 Å². The van der Waals surface area contributed by atoms with Crippen LogP contribution in [0.15, 0.2) is 53.5 Å². The quantitative estimate of drug-likeness (QED) is 0.272. The maximum atomic E-state index is 10.0. The zero-order chi connectivity index (χ0) is 24.2. The molecular formula is C24H33CoN2O6-. The van der Waals surface area contributed by atoms with E-state index in [4.69, 9.17) is 0 Å². The van der Waals surface area contributed by atoms with Crippen LogP contribution in [-0.2, 0) is 16.8 Å². The van der Waals surface area contributed by atoms with Gasteiger partial charge in [0.1, 0.15) is 17.0 Å². The standard InChI is InChI=1S/C12H17NO3.C12H16NO3.Co/c1-2-12(8-14,9-15)13-7-10-5-3-4-6-11(10)16;1-2-12(7-14,8-15)11(13)9-5-3-4-6-10(9)16;/h3-7,14-16H,2,8-9H2,1H3;3-6,14-16H,2,7-8H2,1H3;/q;-1;. The normalized spacial score (nSPS) is 11.5. The number of aliphatic hydroxyl groups excluding tert-OH is 4. The van der Waals surface area contributed by atoms with Crippen LogP contribution in [0.1, 0.15) is 37.8 Å². The van der Waals surface area contributed by atoms with Crippen molar-refractivity contribution < 1.29 is 47.4 Å². The number of aliphatic hydroxyl groups is 4. The summed E-state index contributed by atoms with van der Waals surface area (Å²) in [6.45, 7) is 2.41. The molecule has 185 valence electrons. The number of nitrogens with zero attached hydrogens (tertiary/aromatic N) is 2. The van der Waals surface area contributed by atoms with Gasteiger partial charge in [-0.1, -0.05) is 44.2 Å². The van der Waals surface area contributed by atoms with E-state index in [-0.39, 0.29) is 66.0 Å². The largest absolute Gasteiger partial charge is 0.806 e. The molecule has 1 radical (unpaired) electrons. The van der Waals surface area contributed by atoms with Crippen LogP contribution in [0, 0.1) is 5.41 Å². The fraction of sp³-hybridized carbons (Fsp3) is 0.417. The number of rotatable bonds is 10. The van der Waals surface area contributed by atoms with Gasteiger partial charge >= 0.3 is 0 Å². The average molecular weight is 504 g/mol. The van der Waals surface area contributed by atoms with Gasteiger partial charge < -0.3 is 36.0 Å². The van der Waals surface area contributed by atoms with E-state index in [1.54, 1.807) is 49.4 Å². The van der Waals surface area contributed by atoms with Gasteiger partial charge in [0.25, 0.3) is 0 Å². The van der Waals surface area contributed by atoms with Gasteiger partial charge in [0.15, 0.2) is 0 Å². The maximum Gasteiger partial charge on any atom is 0.124 e. The van der Waals surface area contributed by atoms with E-state index >= 15 is 0 Å². The van der Waals surface area contributed by atoms with E-state index in [2.05, 4.69) is 4.99 Å². The van der Waals surface area contributed by atoms with E-state index in [0.717, 1.165) is 0 Å². The van der Waals surface area contributed by atoms with Crippen LogP contribution in [0.25, 0.3) is 5.41 Å². The molecule has 0 atom stereocenters. The minimum Gasteiger partial charge on any atom is -0.806 e. The molecular weight excluding hydrogens is 471 g/mol. The number of phenols is 2. The predicted molar refractivity (Wildman–Crippen MR) is 125 cm³/mol. The first-order chi connectivity index (χ1) is 15.3. The molecule has 0 spiro atoms. The van der Waals surface area contributed by atoms with Crippen molar-refractivity contribution in [1.29, 1.82) is 0 Å². The Hall–Kier alpha value is -2.27. The summed E-state index contributed by atoms with van der Waals surface area (Å²) < 4.78 is 0. The molecule has 2 aromatic carbocycles. The first-order valence-electron chi connectivity index (χ1n) is 10.4. The molecule has 8 nitrogen and oxygen atoms in total. The molecule has 2 aromatic rings. The fourth-order valence-corrected chi connectivity index (χ4v) is 2.80. The van der Waals surface area contributed by atoms with Gasteiger partial charge in [-0.05, 0) is 36.6 Å². The summed E-state index contributed by atoms with van der Waals surface area (Å²) in [7, 11) is 0. The first kappa shape index (κ1) is 30.7. The number of hydrogen-bond donors (Lipinski definition) is 6. The van der Waals surface area contributed by atoms with E-state index in [1.807, 2.05) is 6.92 Å². The molecule has 0 fully saturated rings. The average Bonchev–Trinajstić information content (AvgIpc) is 2.83. The summed E-state index contributed by atoms with van der Waals surface area (Å²) in [6.07, 6.45) is 2.38. The third-order valence-corrected chi connectivity index (χ3v) is 5.60. The molecule has 0 saturated heterocycles. The Morgan fingerprint density at radius 2 is 1.33 bits per heavy atom. The van der Waals surface area contributed by atoms with Crippen molar-refractivity contribution in [1.82, 2.24) is 0 Å². The molecule has 0 aromatic heterocycles. The predicted octanol–water partition coefficient (Wildman–Crippen LogP) is 2.07. The number of aromatic hydroxyl groups is 2. The first-order valence-corrected chi connectivity index (χ1v) is 10.4. The summed E-state index contributed by atoms with van der Waals surface area (Å²) in [5.74, 6) is 0.0619. The second-order valence-electron chi connectivity index (χ2n) is 7.53. The Labute approximate surface area is 205 Å². The van der Waals surface area contributed by atoms with Crippen molar-refractivity contribution >= 4 is 11.9 Å². The van der Waals surface area contributed by atoms with E-state index < -0.39 is 11.0 Å². The molecule has 0 bridgehead atoms. The monoisotopic (exact) mass is 504 g/mol. The fourth-order valence-electron chi connectivity index (χ4n) is 2.80. The van der Waals surface area contributed by atoms with Crippen LogP contribution >= 0.6 is 0 Å². The summed E-state index contributed by atoms with van der Waals surface area (Å²) in [5.41, 5.74) is -1.33. The van der Waals surface area contributed by atoms with Gasteiger partial charge in [-0.2, -0.15) is 5.71 Å². The third kappa shape index (κ3) is 7.92. The topological polar surface area (TPSA) is 156 Å². The van der Waals surface area contributed by atoms with Gasteiger partial charge in [-0.15, -0.1) is 0 Å². The number of para-hydroxylation sites is 2. The smallest absolute Gasteiger partial charge is 0.124 e. The zero-order valence-corrected chi connectivity index (χ0v) is 19.9. The number of benzene rings is 2. The van der Waals surface area contributed by atoms with Crippen molar-refractivity contribution in [2.24, 2.45) is 10.4 Å². The third-order valence-electron chi connectivity index (χ3n) is 5.60. The molecule has 0 aliphatic heterocycles. The molecule has 0 unspecified atom stereocenters. The summed E-state index contributed by atoms with van der Waals surface area (Å²) in [6, 6.07) is 13.1. The van der Waals surface area contributed by atoms with Crippen LogP contribution < -0.4 is 0 Å². The molecule has 9 heteroatoms. The Balaban J connectivity index is 0.000000602. The summed E-state index contributed by atoms with van der Waals surface area (Å²) >= 11 is 0. The van der Waals surface area contributed by atoms with Crippen molar-refractivity contribution in [3.8, 4) is 11.5 Å². The van der Waals surface area contributed by atoms with Crippen molar-refractivity contribution in [2.45, 2.75) is 32.2 Å². The minimum atomic E-state index is -1.10. The van der Waals surface area contributed by atoms with Gasteiger partial charge in [-0.25, -0.2) is 0 Å². The summed E-state index contributed by atoms with van der Waals surface area (Å²) in [4.78, 5) is 4.16. The van der Waals surface area contributed by atoms with E-state index in [0.29, 0.717) is 18.4 Å². The molecule has 2 rings (SSSR count). The van der Waals surface area contributed by atoms with Crippen LogP contribution in [0.3, 0.4) is 0 Å². The Kier molecular flexibility index (Phi) is 13.8. The second-order valence-corrected chi connectivity index (χ2v) is 7.53. The minimum absolute atomic E-state index is 0. The molecule has 0 amide bonds. The number of hydrogen-bond acceptors (Lipinski definition) is 7. The Morgan fingerprint density at radius 1 is 0.818 bits per heavy atom. The number of aliphatic imine (C=N–C) groups is 1. The number of phenolic OH excluding ortho intramolecular Hbond substituents is 2. The summed E-state index contributed by atoms with van der Waals surface area (Å²) in [5, 5.41) is 66.1. The van der Waals surface area contributed by atoms with Crippen LogP contribution in [0.5, 0.6) is 11.5 Å². The molecule has 0 heterocycles. The Morgan fingerprint density at radius 3 is 1.76 bits per heavy atom. The van der Waals surface area contributed by atoms with Gasteiger partial charge in [0.05, 0.1) is 26.4 Å².